The van der Waals surface area contributed by atoms with Gasteiger partial charge in [0.25, 0.3) is 0 Å². The number of pyridine rings is 1. The summed E-state index contributed by atoms with van der Waals surface area (Å²) < 4.78 is 87.7. The minimum Gasteiger partial charge on any atom is -0.475 e. The Bertz CT molecular complexity index is 1640. The number of nitrogens with two attached hydrogens (primary N) is 1. The zero-order valence-electron chi connectivity index (χ0n) is 25.0. The van der Waals surface area contributed by atoms with Crippen molar-refractivity contribution >= 4 is 44.1 Å². The zero-order valence-corrected chi connectivity index (χ0v) is 26.6. The van der Waals surface area contributed by atoms with E-state index in [4.69, 9.17) is 15.6 Å². The van der Waals surface area contributed by atoms with Crippen molar-refractivity contribution in [2.24, 2.45) is 0 Å². The van der Waals surface area contributed by atoms with Gasteiger partial charge in [-0.05, 0) is 82.4 Å². The average molecular weight is 705 g/mol. The van der Waals surface area contributed by atoms with Crippen molar-refractivity contribution in [3.8, 4) is 0 Å². The van der Waals surface area contributed by atoms with Crippen LogP contribution in [0.4, 0.5) is 32.9 Å². The molecule has 256 valence electrons. The number of thiazole rings is 1. The molecule has 5 rings (SSSR count). The molecule has 0 unspecified atom stereocenters. The molecule has 0 aliphatic carbocycles. The number of benzene rings is 1. The van der Waals surface area contributed by atoms with Gasteiger partial charge in [-0.2, -0.15) is 17.5 Å². The number of carbonyl (C=O) groups is 2. The number of halogens is 5. The van der Waals surface area contributed by atoms with E-state index in [1.165, 1.54) is 29.4 Å². The molecule has 2 aromatic heterocycles. The third-order valence-corrected chi connectivity index (χ3v) is 10.5. The van der Waals surface area contributed by atoms with E-state index in [1.807, 2.05) is 0 Å². The first-order valence-corrected chi connectivity index (χ1v) is 16.9. The van der Waals surface area contributed by atoms with Crippen LogP contribution < -0.4 is 11.1 Å². The van der Waals surface area contributed by atoms with E-state index < -0.39 is 45.2 Å². The van der Waals surface area contributed by atoms with Crippen LogP contribution in [0.2, 0.25) is 0 Å². The van der Waals surface area contributed by atoms with Crippen molar-refractivity contribution in [3.05, 3.63) is 64.3 Å². The Balaban J connectivity index is 0.000000644. The Morgan fingerprint density at radius 2 is 1.66 bits per heavy atom. The predicted molar refractivity (Wildman–Crippen MR) is 164 cm³/mol. The first-order valence-electron chi connectivity index (χ1n) is 14.7. The van der Waals surface area contributed by atoms with Crippen molar-refractivity contribution in [3.63, 3.8) is 0 Å². The number of aryl methyl sites for hydroxylation is 1. The molecule has 0 spiro atoms. The standard InChI is InChI=1S/C27H32F2N6O3S2.C2HF3O2/c28-21-6-3-7-22(29)23(21)24(36)25-26(30)33-27(39-25)32-19-10-15-35(16-11-19)40(37,38)20-9-8-18(31-17-20)5-4-14-34-12-1-2-13-34;3-2(4,5)1(6)7/h3,6-9,17,19H,1-2,4-5,10-16,30H2,(H,32,33);(H,6,7). The molecule has 0 bridgehead atoms. The molecule has 18 heteroatoms. The van der Waals surface area contributed by atoms with Crippen LogP contribution in [-0.4, -0.2) is 89.4 Å². The first kappa shape index (κ1) is 36.1. The van der Waals surface area contributed by atoms with Crippen LogP contribution >= 0.6 is 11.3 Å². The second kappa shape index (κ2) is 15.4. The molecular formula is C29H33F5N6O5S2. The number of carboxylic acids is 1. The minimum atomic E-state index is -5.08. The van der Waals surface area contributed by atoms with Crippen molar-refractivity contribution in [1.82, 2.24) is 19.2 Å². The minimum absolute atomic E-state index is 0.0569. The predicted octanol–water partition coefficient (Wildman–Crippen LogP) is 4.56. The summed E-state index contributed by atoms with van der Waals surface area (Å²) in [6, 6.07) is 6.52. The molecule has 11 nitrogen and oxygen atoms in total. The van der Waals surface area contributed by atoms with Crippen LogP contribution in [-0.2, 0) is 21.2 Å². The number of nitrogens with one attached hydrogen (secondary N) is 1. The van der Waals surface area contributed by atoms with Gasteiger partial charge in [-0.15, -0.1) is 0 Å². The van der Waals surface area contributed by atoms with E-state index >= 15 is 0 Å². The maximum Gasteiger partial charge on any atom is 0.490 e. The number of likely N-dealkylation sites (tertiary alicyclic amines) is 1. The van der Waals surface area contributed by atoms with Crippen molar-refractivity contribution in [1.29, 1.82) is 0 Å². The Hall–Kier alpha value is -3.74. The lowest BCUT2D eigenvalue weighted by Crippen LogP contribution is -2.42. The lowest BCUT2D eigenvalue weighted by molar-refractivity contribution is -0.192. The molecule has 3 aromatic rings. The third kappa shape index (κ3) is 9.42. The third-order valence-electron chi connectivity index (χ3n) is 7.61. The first-order chi connectivity index (χ1) is 22.2. The van der Waals surface area contributed by atoms with Crippen molar-refractivity contribution in [2.75, 3.05) is 43.8 Å². The fourth-order valence-electron chi connectivity index (χ4n) is 5.15. The molecule has 47 heavy (non-hydrogen) atoms. The van der Waals surface area contributed by atoms with E-state index in [0.717, 1.165) is 61.6 Å². The van der Waals surface area contributed by atoms with Gasteiger partial charge in [0.15, 0.2) is 5.13 Å². The SMILES string of the molecule is Nc1nc(NC2CCN(S(=O)(=O)c3ccc(CCCN4CCCC4)nc3)CC2)sc1C(=O)c1c(F)cccc1F.O=C(O)C(F)(F)F. The van der Waals surface area contributed by atoms with Crippen LogP contribution in [0.15, 0.2) is 41.4 Å². The largest absolute Gasteiger partial charge is 0.490 e. The van der Waals surface area contributed by atoms with Crippen LogP contribution in [0.5, 0.6) is 0 Å². The van der Waals surface area contributed by atoms with Crippen LogP contribution in [0.25, 0.3) is 0 Å². The van der Waals surface area contributed by atoms with Crippen LogP contribution in [0.1, 0.15) is 53.0 Å². The fourth-order valence-corrected chi connectivity index (χ4v) is 7.47. The van der Waals surface area contributed by atoms with Crippen LogP contribution in [0.3, 0.4) is 0 Å². The van der Waals surface area contributed by atoms with E-state index in [0.29, 0.717) is 31.1 Å². The van der Waals surface area contributed by atoms with Gasteiger partial charge in [-0.25, -0.2) is 27.0 Å². The summed E-state index contributed by atoms with van der Waals surface area (Å²) in [6.45, 7) is 3.95. The summed E-state index contributed by atoms with van der Waals surface area (Å²) in [5, 5.41) is 10.6. The number of nitrogens with zero attached hydrogens (tertiary/aromatic N) is 4. The number of hydrogen-bond donors (Lipinski definition) is 3. The lowest BCUT2D eigenvalue weighted by atomic mass is 10.1. The second-order valence-electron chi connectivity index (χ2n) is 10.9. The summed E-state index contributed by atoms with van der Waals surface area (Å²) in [4.78, 5) is 32.8. The van der Waals surface area contributed by atoms with E-state index in [-0.39, 0.29) is 21.6 Å². The number of nitrogen functional groups attached to an aromatic ring is 1. The number of aliphatic carboxylic acids is 1. The Morgan fingerprint density at radius 1 is 1.04 bits per heavy atom. The van der Waals surface area contributed by atoms with Gasteiger partial charge in [-0.1, -0.05) is 17.4 Å². The molecule has 2 fully saturated rings. The normalized spacial score (nSPS) is 16.4. The molecule has 4 N–H and O–H groups in total. The number of alkyl halides is 3. The molecular weight excluding hydrogens is 671 g/mol. The molecule has 4 heterocycles. The highest BCUT2D eigenvalue weighted by atomic mass is 32.2. The highest BCUT2D eigenvalue weighted by molar-refractivity contribution is 7.89. The Labute approximate surface area is 271 Å². The molecule has 0 atom stereocenters. The van der Waals surface area contributed by atoms with Crippen LogP contribution in [0, 0.1) is 11.6 Å². The van der Waals surface area contributed by atoms with Gasteiger partial charge in [0, 0.05) is 31.0 Å². The summed E-state index contributed by atoms with van der Waals surface area (Å²) in [7, 11) is -3.68. The molecule has 0 amide bonds. The van der Waals surface area contributed by atoms with Gasteiger partial charge < -0.3 is 21.1 Å². The van der Waals surface area contributed by atoms with Crippen molar-refractivity contribution < 1.29 is 45.1 Å². The number of rotatable bonds is 10. The molecule has 0 radical (unpaired) electrons. The number of ketones is 1. The maximum atomic E-state index is 14.1. The van der Waals surface area contributed by atoms with Gasteiger partial charge in [0.2, 0.25) is 15.8 Å². The highest BCUT2D eigenvalue weighted by Crippen LogP contribution is 2.31. The molecule has 2 aliphatic rings. The summed E-state index contributed by atoms with van der Waals surface area (Å²) in [5.74, 6) is -5.68. The number of anilines is 2. The molecule has 2 saturated heterocycles. The Kier molecular flexibility index (Phi) is 11.9. The van der Waals surface area contributed by atoms with Gasteiger partial charge in [0.05, 0.1) is 5.56 Å². The molecule has 2 aliphatic heterocycles. The smallest absolute Gasteiger partial charge is 0.475 e. The summed E-state index contributed by atoms with van der Waals surface area (Å²) in [6.07, 6.45) is 1.72. The monoisotopic (exact) mass is 704 g/mol. The topological polar surface area (TPSA) is 159 Å². The number of sulfonamides is 1. The molecule has 0 saturated carbocycles. The summed E-state index contributed by atoms with van der Waals surface area (Å²) in [5.41, 5.74) is 6.11. The van der Waals surface area contributed by atoms with E-state index in [2.05, 4.69) is 20.2 Å². The van der Waals surface area contributed by atoms with Gasteiger partial charge in [-0.3, -0.25) is 9.78 Å². The van der Waals surface area contributed by atoms with Gasteiger partial charge >= 0.3 is 12.1 Å². The number of carbonyl (C=O) groups excluding carboxylic acids is 1. The number of piperidine rings is 1. The highest BCUT2D eigenvalue weighted by Gasteiger charge is 2.38. The molecule has 1 aromatic carbocycles. The quantitative estimate of drug-likeness (QED) is 0.202. The van der Waals surface area contributed by atoms with Gasteiger partial charge in [0.1, 0.15) is 27.2 Å². The second-order valence-corrected chi connectivity index (χ2v) is 13.9. The number of aromatic nitrogens is 2. The summed E-state index contributed by atoms with van der Waals surface area (Å²) >= 11 is 0.918. The fraction of sp³-hybridized carbons (Fsp3) is 0.448. The van der Waals surface area contributed by atoms with Crippen molar-refractivity contribution in [2.45, 2.75) is 55.6 Å². The Morgan fingerprint density at radius 3 is 2.21 bits per heavy atom. The van der Waals surface area contributed by atoms with E-state index in [1.54, 1.807) is 12.1 Å². The number of hydrogen-bond acceptors (Lipinski definition) is 10. The number of carboxylic acid groups (broad SMARTS) is 1. The van der Waals surface area contributed by atoms with E-state index in [9.17, 15) is 35.2 Å². The maximum absolute atomic E-state index is 14.1. The average Bonchev–Trinajstić information content (AvgIpc) is 3.67. The zero-order chi connectivity index (χ0) is 34.4. The lowest BCUT2D eigenvalue weighted by Gasteiger charge is -2.31.